The molecular formula is C17H20N4O2. The third kappa shape index (κ3) is 2.84. The lowest BCUT2D eigenvalue weighted by molar-refractivity contribution is 0.0934. The number of aromatic nitrogens is 3. The number of rotatable bonds is 4. The maximum Gasteiger partial charge on any atom is 0.253 e. The molecule has 0 aliphatic heterocycles. The minimum atomic E-state index is -0.203. The molecule has 23 heavy (non-hydrogen) atoms. The average Bonchev–Trinajstić information content (AvgIpc) is 3.15. The first-order valence-electron chi connectivity index (χ1n) is 7.66. The second-order valence-electron chi connectivity index (χ2n) is 5.93. The summed E-state index contributed by atoms with van der Waals surface area (Å²) in [7, 11) is 0. The molecule has 3 heterocycles. The van der Waals surface area contributed by atoms with E-state index >= 15 is 0 Å². The standard InChI is InChI=1S/C17H20N4O2/c1-10(2)21-16-13(9-18-21)8-14(11(3)19-16)17(22)20-12(4)15-6-5-7-23-15/h5-10,12H,1-4H3,(H,20,22)/t12-/m0/s1. The minimum absolute atomic E-state index is 0.168. The lowest BCUT2D eigenvalue weighted by atomic mass is 10.1. The van der Waals surface area contributed by atoms with Gasteiger partial charge in [-0.1, -0.05) is 0 Å². The van der Waals surface area contributed by atoms with E-state index in [1.54, 1.807) is 18.5 Å². The topological polar surface area (TPSA) is 73.0 Å². The van der Waals surface area contributed by atoms with E-state index in [1.165, 1.54) is 0 Å². The Labute approximate surface area is 134 Å². The van der Waals surface area contributed by atoms with Crippen molar-refractivity contribution in [2.75, 3.05) is 0 Å². The van der Waals surface area contributed by atoms with Gasteiger partial charge in [0.25, 0.3) is 5.91 Å². The molecule has 0 aromatic carbocycles. The Balaban J connectivity index is 1.90. The van der Waals surface area contributed by atoms with Gasteiger partial charge >= 0.3 is 0 Å². The minimum Gasteiger partial charge on any atom is -0.467 e. The predicted octanol–water partition coefficient (Wildman–Crippen LogP) is 3.40. The maximum atomic E-state index is 12.5. The highest BCUT2D eigenvalue weighted by Gasteiger charge is 2.18. The molecule has 0 fully saturated rings. The van der Waals surface area contributed by atoms with Crippen LogP contribution in [-0.2, 0) is 0 Å². The smallest absolute Gasteiger partial charge is 0.253 e. The molecule has 3 aromatic rings. The van der Waals surface area contributed by atoms with Crippen molar-refractivity contribution in [1.29, 1.82) is 0 Å². The molecule has 120 valence electrons. The molecule has 1 N–H and O–H groups in total. The second-order valence-corrected chi connectivity index (χ2v) is 5.93. The van der Waals surface area contributed by atoms with Crippen molar-refractivity contribution in [2.24, 2.45) is 0 Å². The fourth-order valence-corrected chi connectivity index (χ4v) is 2.56. The summed E-state index contributed by atoms with van der Waals surface area (Å²) < 4.78 is 7.18. The average molecular weight is 312 g/mol. The summed E-state index contributed by atoms with van der Waals surface area (Å²) in [6, 6.07) is 5.50. The number of fused-ring (bicyclic) bond motifs is 1. The molecule has 6 heteroatoms. The summed E-state index contributed by atoms with van der Waals surface area (Å²) in [5, 5.41) is 8.14. The molecule has 0 radical (unpaired) electrons. The van der Waals surface area contributed by atoms with Crippen LogP contribution in [0.2, 0.25) is 0 Å². The van der Waals surface area contributed by atoms with Crippen LogP contribution in [0.5, 0.6) is 0 Å². The number of aryl methyl sites for hydroxylation is 1. The van der Waals surface area contributed by atoms with Crippen molar-refractivity contribution < 1.29 is 9.21 Å². The third-order valence-corrected chi connectivity index (χ3v) is 3.81. The Bertz CT molecular complexity index is 834. The monoisotopic (exact) mass is 312 g/mol. The van der Waals surface area contributed by atoms with Gasteiger partial charge < -0.3 is 9.73 Å². The van der Waals surface area contributed by atoms with Crippen LogP contribution < -0.4 is 5.32 Å². The predicted molar refractivity (Wildman–Crippen MR) is 87.2 cm³/mol. The van der Waals surface area contributed by atoms with Crippen LogP contribution >= 0.6 is 0 Å². The van der Waals surface area contributed by atoms with E-state index in [-0.39, 0.29) is 18.0 Å². The van der Waals surface area contributed by atoms with Gasteiger partial charge in [-0.05, 0) is 45.9 Å². The zero-order valence-electron chi connectivity index (χ0n) is 13.7. The molecule has 0 unspecified atom stereocenters. The number of carbonyl (C=O) groups excluding carboxylic acids is 1. The van der Waals surface area contributed by atoms with Gasteiger partial charge in [0.2, 0.25) is 0 Å². The molecule has 0 saturated carbocycles. The van der Waals surface area contributed by atoms with E-state index in [0.717, 1.165) is 16.8 Å². The van der Waals surface area contributed by atoms with Crippen LogP contribution in [0.1, 0.15) is 54.7 Å². The zero-order chi connectivity index (χ0) is 16.6. The van der Waals surface area contributed by atoms with E-state index in [1.807, 2.05) is 30.7 Å². The number of carbonyl (C=O) groups is 1. The van der Waals surface area contributed by atoms with Gasteiger partial charge in [0.05, 0.1) is 29.8 Å². The van der Waals surface area contributed by atoms with Gasteiger partial charge in [-0.25, -0.2) is 9.67 Å². The molecule has 6 nitrogen and oxygen atoms in total. The second kappa shape index (κ2) is 5.87. The van der Waals surface area contributed by atoms with Gasteiger partial charge in [-0.3, -0.25) is 4.79 Å². The maximum absolute atomic E-state index is 12.5. The quantitative estimate of drug-likeness (QED) is 0.801. The molecule has 0 saturated heterocycles. The van der Waals surface area contributed by atoms with Gasteiger partial charge in [-0.2, -0.15) is 5.10 Å². The summed E-state index contributed by atoms with van der Waals surface area (Å²) in [6.07, 6.45) is 3.34. The third-order valence-electron chi connectivity index (χ3n) is 3.81. The van der Waals surface area contributed by atoms with Crippen molar-refractivity contribution in [3.05, 3.63) is 47.7 Å². The number of amides is 1. The van der Waals surface area contributed by atoms with Gasteiger partial charge in [-0.15, -0.1) is 0 Å². The van der Waals surface area contributed by atoms with Crippen molar-refractivity contribution >= 4 is 16.9 Å². The molecule has 0 bridgehead atoms. The van der Waals surface area contributed by atoms with E-state index in [4.69, 9.17) is 4.42 Å². The molecule has 0 aliphatic carbocycles. The van der Waals surface area contributed by atoms with E-state index in [9.17, 15) is 4.79 Å². The van der Waals surface area contributed by atoms with Crippen LogP contribution in [0.25, 0.3) is 11.0 Å². The highest BCUT2D eigenvalue weighted by atomic mass is 16.3. The molecule has 1 atom stereocenters. The summed E-state index contributed by atoms with van der Waals surface area (Å²) >= 11 is 0. The molecule has 3 aromatic heterocycles. The SMILES string of the molecule is Cc1nc2c(cnn2C(C)C)cc1C(=O)N[C@@H](C)c1ccco1. The van der Waals surface area contributed by atoms with Crippen LogP contribution in [-0.4, -0.2) is 20.7 Å². The van der Waals surface area contributed by atoms with Gasteiger partial charge in [0.1, 0.15) is 5.76 Å². The fourth-order valence-electron chi connectivity index (χ4n) is 2.56. The van der Waals surface area contributed by atoms with Crippen molar-refractivity contribution in [1.82, 2.24) is 20.1 Å². The molecule has 0 aliphatic rings. The lowest BCUT2D eigenvalue weighted by Gasteiger charge is -2.13. The molecular weight excluding hydrogens is 292 g/mol. The van der Waals surface area contributed by atoms with E-state index in [2.05, 4.69) is 29.2 Å². The summed E-state index contributed by atoms with van der Waals surface area (Å²) in [4.78, 5) is 17.1. The van der Waals surface area contributed by atoms with Crippen molar-refractivity contribution in [2.45, 2.75) is 39.8 Å². The lowest BCUT2D eigenvalue weighted by Crippen LogP contribution is -2.27. The molecule has 1 amide bonds. The number of hydrogen-bond donors (Lipinski definition) is 1. The van der Waals surface area contributed by atoms with E-state index < -0.39 is 0 Å². The number of nitrogens with one attached hydrogen (secondary N) is 1. The Morgan fingerprint density at radius 1 is 1.35 bits per heavy atom. The van der Waals surface area contributed by atoms with Crippen LogP contribution in [0.3, 0.4) is 0 Å². The largest absolute Gasteiger partial charge is 0.467 e. The van der Waals surface area contributed by atoms with E-state index in [0.29, 0.717) is 11.3 Å². The number of furan rings is 1. The zero-order valence-corrected chi connectivity index (χ0v) is 13.7. The summed E-state index contributed by atoms with van der Waals surface area (Å²) in [6.45, 7) is 7.82. The van der Waals surface area contributed by atoms with Crippen molar-refractivity contribution in [3.8, 4) is 0 Å². The first-order chi connectivity index (χ1) is 11.0. The first-order valence-corrected chi connectivity index (χ1v) is 7.66. The van der Waals surface area contributed by atoms with Gasteiger partial charge in [0, 0.05) is 11.4 Å². The first kappa shape index (κ1) is 15.3. The van der Waals surface area contributed by atoms with Crippen molar-refractivity contribution in [3.63, 3.8) is 0 Å². The highest BCUT2D eigenvalue weighted by molar-refractivity contribution is 5.98. The number of hydrogen-bond acceptors (Lipinski definition) is 4. The Kier molecular flexibility index (Phi) is 3.90. The summed E-state index contributed by atoms with van der Waals surface area (Å²) in [5.74, 6) is 0.552. The fraction of sp³-hybridized carbons (Fsp3) is 0.353. The van der Waals surface area contributed by atoms with Gasteiger partial charge in [0.15, 0.2) is 5.65 Å². The molecule has 3 rings (SSSR count). The summed E-state index contributed by atoms with van der Waals surface area (Å²) in [5.41, 5.74) is 2.04. The normalized spacial score (nSPS) is 12.7. The number of nitrogens with zero attached hydrogens (tertiary/aromatic N) is 3. The Morgan fingerprint density at radius 3 is 2.78 bits per heavy atom. The van der Waals surface area contributed by atoms with Crippen LogP contribution in [0, 0.1) is 6.92 Å². The highest BCUT2D eigenvalue weighted by Crippen LogP contribution is 2.20. The van der Waals surface area contributed by atoms with Crippen LogP contribution in [0.4, 0.5) is 0 Å². The molecule has 0 spiro atoms. The van der Waals surface area contributed by atoms with Crippen LogP contribution in [0.15, 0.2) is 35.1 Å². The number of pyridine rings is 1. The Hall–Kier alpha value is -2.63. The Morgan fingerprint density at radius 2 is 2.13 bits per heavy atom.